The Morgan fingerprint density at radius 1 is 1.02 bits per heavy atom. The third-order valence-electron chi connectivity index (χ3n) is 7.28. The lowest BCUT2D eigenvalue weighted by molar-refractivity contribution is -0.138. The predicted octanol–water partition coefficient (Wildman–Crippen LogP) is 7.07. The fraction of sp³-hybridized carbons (Fsp3) is 0.233. The highest BCUT2D eigenvalue weighted by Gasteiger charge is 2.38. The Balaban J connectivity index is 1.79. The summed E-state index contributed by atoms with van der Waals surface area (Å²) in [4.78, 5) is 14.1. The van der Waals surface area contributed by atoms with Crippen LogP contribution >= 0.6 is 11.8 Å². The van der Waals surface area contributed by atoms with E-state index in [9.17, 15) is 22.4 Å². The molecular formula is C30H25F5N2O2S. The van der Waals surface area contributed by atoms with Crippen LogP contribution in [0.4, 0.5) is 22.0 Å². The topological polar surface area (TPSA) is 57.2 Å². The van der Waals surface area contributed by atoms with Crippen molar-refractivity contribution < 1.29 is 26.7 Å². The van der Waals surface area contributed by atoms with E-state index < -0.39 is 53.0 Å². The lowest BCUT2D eigenvalue weighted by Gasteiger charge is -2.25. The van der Waals surface area contributed by atoms with Gasteiger partial charge in [-0.15, -0.1) is 11.8 Å². The quantitative estimate of drug-likeness (QED) is 0.251. The Morgan fingerprint density at radius 2 is 1.75 bits per heavy atom. The van der Waals surface area contributed by atoms with Gasteiger partial charge < -0.3 is 10.5 Å². The molecule has 2 heterocycles. The average Bonchev–Trinajstić information content (AvgIpc) is 3.37. The zero-order valence-electron chi connectivity index (χ0n) is 21.6. The van der Waals surface area contributed by atoms with Gasteiger partial charge in [0.25, 0.3) is 5.56 Å². The molecule has 0 radical (unpaired) electrons. The minimum absolute atomic E-state index is 0.0344. The third kappa shape index (κ3) is 4.90. The van der Waals surface area contributed by atoms with Crippen LogP contribution in [0.15, 0.2) is 76.6 Å². The zero-order chi connectivity index (χ0) is 28.8. The van der Waals surface area contributed by atoms with Crippen molar-refractivity contribution in [1.82, 2.24) is 4.57 Å². The Morgan fingerprint density at radius 3 is 2.42 bits per heavy atom. The third-order valence-corrected chi connectivity index (χ3v) is 8.50. The molecule has 0 aliphatic carbocycles. The van der Waals surface area contributed by atoms with Gasteiger partial charge >= 0.3 is 6.18 Å². The molecule has 3 aromatic carbocycles. The van der Waals surface area contributed by atoms with Crippen molar-refractivity contribution in [3.63, 3.8) is 0 Å². The maximum Gasteiger partial charge on any atom is 0.416 e. The molecule has 1 unspecified atom stereocenters. The summed E-state index contributed by atoms with van der Waals surface area (Å²) in [5, 5.41) is 0.391. The van der Waals surface area contributed by atoms with Gasteiger partial charge in [-0.3, -0.25) is 9.36 Å². The lowest BCUT2D eigenvalue weighted by Crippen LogP contribution is -2.33. The number of fused-ring (bicyclic) bond motifs is 1. The number of pyridine rings is 1. The van der Waals surface area contributed by atoms with Gasteiger partial charge in [0.05, 0.1) is 35.3 Å². The first kappa shape index (κ1) is 27.9. The van der Waals surface area contributed by atoms with Gasteiger partial charge in [-0.25, -0.2) is 8.78 Å². The van der Waals surface area contributed by atoms with E-state index in [1.54, 1.807) is 6.92 Å². The van der Waals surface area contributed by atoms with Crippen molar-refractivity contribution in [3.05, 3.63) is 117 Å². The Bertz CT molecular complexity index is 1640. The first-order chi connectivity index (χ1) is 19.0. The lowest BCUT2D eigenvalue weighted by atomic mass is 9.92. The van der Waals surface area contributed by atoms with E-state index in [1.165, 1.54) is 35.6 Å². The van der Waals surface area contributed by atoms with Crippen molar-refractivity contribution in [2.45, 2.75) is 36.6 Å². The SMILES string of the molecule is COc1ccc(F)c(-c2c(C)c(Cc3c(F)cccc3C(F)(F)F)c3n(c2=O)[C@H](C(N)c2ccccc2)CS3)c1. The minimum atomic E-state index is -4.80. The first-order valence-electron chi connectivity index (χ1n) is 12.4. The largest absolute Gasteiger partial charge is 0.497 e. The van der Waals surface area contributed by atoms with Gasteiger partial charge in [-0.2, -0.15) is 13.2 Å². The summed E-state index contributed by atoms with van der Waals surface area (Å²) in [7, 11) is 1.40. The molecule has 0 spiro atoms. The van der Waals surface area contributed by atoms with Crippen molar-refractivity contribution in [3.8, 4) is 16.9 Å². The molecule has 0 saturated carbocycles. The molecule has 0 amide bonds. The number of benzene rings is 3. The molecule has 208 valence electrons. The highest BCUT2D eigenvalue weighted by atomic mass is 32.2. The molecule has 40 heavy (non-hydrogen) atoms. The summed E-state index contributed by atoms with van der Waals surface area (Å²) in [6.07, 6.45) is -5.25. The maximum absolute atomic E-state index is 15.2. The Labute approximate surface area is 231 Å². The Kier molecular flexibility index (Phi) is 7.50. The fourth-order valence-electron chi connectivity index (χ4n) is 5.22. The van der Waals surface area contributed by atoms with E-state index in [-0.39, 0.29) is 16.7 Å². The molecular weight excluding hydrogens is 547 g/mol. The maximum atomic E-state index is 15.2. The molecule has 0 bridgehead atoms. The van der Waals surface area contributed by atoms with E-state index in [1.807, 2.05) is 30.3 Å². The summed E-state index contributed by atoms with van der Waals surface area (Å²) in [5.41, 5.74) is 5.67. The molecule has 1 aliphatic heterocycles. The van der Waals surface area contributed by atoms with Gasteiger partial charge in [0.2, 0.25) is 0 Å². The summed E-state index contributed by atoms with van der Waals surface area (Å²) < 4.78 is 78.6. The second-order valence-electron chi connectivity index (χ2n) is 9.56. The van der Waals surface area contributed by atoms with E-state index in [4.69, 9.17) is 10.5 Å². The summed E-state index contributed by atoms with van der Waals surface area (Å²) >= 11 is 1.27. The van der Waals surface area contributed by atoms with Gasteiger partial charge in [0.1, 0.15) is 17.4 Å². The molecule has 10 heteroatoms. The Hall–Kier alpha value is -3.63. The highest BCUT2D eigenvalue weighted by molar-refractivity contribution is 7.99. The number of rotatable bonds is 6. The van der Waals surface area contributed by atoms with E-state index in [2.05, 4.69) is 0 Å². The number of hydrogen-bond acceptors (Lipinski definition) is 4. The van der Waals surface area contributed by atoms with Crippen molar-refractivity contribution in [2.75, 3.05) is 12.9 Å². The number of alkyl halides is 3. The molecule has 5 rings (SSSR count). The van der Waals surface area contributed by atoms with Gasteiger partial charge in [0, 0.05) is 23.3 Å². The highest BCUT2D eigenvalue weighted by Crippen LogP contribution is 2.44. The minimum Gasteiger partial charge on any atom is -0.497 e. The standard InChI is InChI=1S/C30H25F5N2O2S/c1-16-19(14-20-22(30(33,34)35)9-6-10-23(20)31)29-37(25(15-40-29)27(36)17-7-4-3-5-8-17)28(38)26(16)21-13-18(39-2)11-12-24(21)32/h3-13,25,27H,14-15,36H2,1-2H3/t25-,27?/m0/s1. The number of nitrogens with zero attached hydrogens (tertiary/aromatic N) is 1. The molecule has 1 aliphatic rings. The number of ether oxygens (including phenoxy) is 1. The van der Waals surface area contributed by atoms with Crippen LogP contribution in [0.25, 0.3) is 11.1 Å². The van der Waals surface area contributed by atoms with Crippen LogP contribution in [-0.2, 0) is 12.6 Å². The van der Waals surface area contributed by atoms with Crippen LogP contribution in [0.3, 0.4) is 0 Å². The zero-order valence-corrected chi connectivity index (χ0v) is 22.4. The predicted molar refractivity (Wildman–Crippen MR) is 145 cm³/mol. The molecule has 1 aromatic heterocycles. The molecule has 0 fully saturated rings. The smallest absolute Gasteiger partial charge is 0.416 e. The number of aromatic nitrogens is 1. The second-order valence-corrected chi connectivity index (χ2v) is 10.6. The monoisotopic (exact) mass is 572 g/mol. The number of halogens is 5. The number of methoxy groups -OCH3 is 1. The van der Waals surface area contributed by atoms with E-state index in [0.717, 1.165) is 29.8 Å². The van der Waals surface area contributed by atoms with E-state index >= 15 is 4.39 Å². The molecule has 0 saturated heterocycles. The number of thioether (sulfide) groups is 1. The van der Waals surface area contributed by atoms with Crippen LogP contribution in [0.2, 0.25) is 0 Å². The van der Waals surface area contributed by atoms with Gasteiger partial charge in [0.15, 0.2) is 0 Å². The number of hydrogen-bond donors (Lipinski definition) is 1. The van der Waals surface area contributed by atoms with Crippen molar-refractivity contribution >= 4 is 11.8 Å². The summed E-state index contributed by atoms with van der Waals surface area (Å²) in [5.74, 6) is -1.08. The fourth-order valence-corrected chi connectivity index (χ4v) is 6.66. The average molecular weight is 573 g/mol. The van der Waals surface area contributed by atoms with Gasteiger partial charge in [-0.1, -0.05) is 36.4 Å². The van der Waals surface area contributed by atoms with Crippen LogP contribution in [-0.4, -0.2) is 17.4 Å². The van der Waals surface area contributed by atoms with Crippen LogP contribution in [0.5, 0.6) is 5.75 Å². The van der Waals surface area contributed by atoms with Crippen LogP contribution in [0, 0.1) is 18.6 Å². The number of nitrogens with two attached hydrogens (primary N) is 1. The normalized spacial score (nSPS) is 15.7. The molecule has 4 aromatic rings. The van der Waals surface area contributed by atoms with Gasteiger partial charge in [-0.05, 0) is 53.9 Å². The molecule has 2 atom stereocenters. The summed E-state index contributed by atoms with van der Waals surface area (Å²) in [6, 6.07) is 14.6. The second kappa shape index (κ2) is 10.7. The molecule has 2 N–H and O–H groups in total. The molecule has 4 nitrogen and oxygen atoms in total. The summed E-state index contributed by atoms with van der Waals surface area (Å²) in [6.45, 7) is 1.55. The van der Waals surface area contributed by atoms with Crippen LogP contribution < -0.4 is 16.0 Å². The van der Waals surface area contributed by atoms with Crippen LogP contribution in [0.1, 0.15) is 39.9 Å². The van der Waals surface area contributed by atoms with E-state index in [0.29, 0.717) is 22.1 Å². The van der Waals surface area contributed by atoms with Crippen molar-refractivity contribution in [1.29, 1.82) is 0 Å². The first-order valence-corrected chi connectivity index (χ1v) is 13.4. The van der Waals surface area contributed by atoms with Crippen molar-refractivity contribution in [2.24, 2.45) is 5.73 Å².